The fourth-order valence-corrected chi connectivity index (χ4v) is 2.03. The summed E-state index contributed by atoms with van der Waals surface area (Å²) in [5, 5.41) is 0. The van der Waals surface area contributed by atoms with Crippen molar-refractivity contribution in [2.45, 2.75) is 95.9 Å². The van der Waals surface area contributed by atoms with E-state index in [4.69, 9.17) is 49.7 Å². The van der Waals surface area contributed by atoms with Gasteiger partial charge in [0.05, 0.1) is 0 Å². The van der Waals surface area contributed by atoms with Crippen LogP contribution in [0.1, 0.15) is 107 Å². The average Bonchev–Trinajstić information content (AvgIpc) is 2.91. The summed E-state index contributed by atoms with van der Waals surface area (Å²) in [5.74, 6) is 2.53. The second-order valence-corrected chi connectivity index (χ2v) is 34.4. The van der Waals surface area contributed by atoms with E-state index in [1.165, 1.54) is 24.0 Å². The number of benzene rings is 2. The Hall–Kier alpha value is 4.36. The Morgan fingerprint density at radius 3 is 0.949 bits per heavy atom. The zero-order valence-electron chi connectivity index (χ0n) is 21.0. The summed E-state index contributed by atoms with van der Waals surface area (Å²) >= 11 is 17.6. The Morgan fingerprint density at radius 2 is 0.821 bits per heavy atom. The van der Waals surface area contributed by atoms with Gasteiger partial charge in [-0.1, -0.05) is 132 Å². The third kappa shape index (κ3) is 62.0. The van der Waals surface area contributed by atoms with E-state index < -0.39 is 16.8 Å². The molecule has 0 spiro atoms. The summed E-state index contributed by atoms with van der Waals surface area (Å²) in [7, 11) is 15.0. The van der Waals surface area contributed by atoms with Crippen LogP contribution in [0.25, 0.3) is 0 Å². The van der Waals surface area contributed by atoms with Gasteiger partial charge in [-0.25, -0.2) is 0 Å². The molecule has 0 nitrogen and oxygen atoms in total. The van der Waals surface area contributed by atoms with Crippen molar-refractivity contribution in [2.75, 3.05) is 11.8 Å². The van der Waals surface area contributed by atoms with E-state index in [1.807, 2.05) is 13.8 Å². The molecule has 2 rings (SSSR count). The number of hydrogen-bond acceptors (Lipinski definition) is 0. The first-order valence-corrected chi connectivity index (χ1v) is 40.4. The van der Waals surface area contributed by atoms with E-state index in [-0.39, 0.29) is 29.7 Å². The molecule has 0 bridgehead atoms. The SMILES string of the molecule is C.C.C.C.CC.CCC(C)c1ccccc1.CCC(C)c1ccccc1.ClCCCl.II.I[I-]I.[Cl][Sb]([Cl])[Cl]. The van der Waals surface area contributed by atoms with E-state index in [9.17, 15) is 0 Å². The van der Waals surface area contributed by atoms with Crippen LogP contribution < -0.4 is 13.3 Å². The summed E-state index contributed by atoms with van der Waals surface area (Å²) < 4.78 is 0. The van der Waals surface area contributed by atoms with Crippen LogP contribution in [0.4, 0.5) is 0 Å². The molecule has 0 radical (unpaired) electrons. The molecule has 2 aromatic carbocycles. The molecule has 0 saturated carbocycles. The van der Waals surface area contributed by atoms with E-state index in [2.05, 4.69) is 163 Å². The van der Waals surface area contributed by atoms with Crippen LogP contribution in [0, 0.1) is 0 Å². The Kier molecular flexibility index (Phi) is 104. The molecule has 242 valence electrons. The number of alkyl halides is 2. The predicted molar refractivity (Wildman–Crippen MR) is 229 cm³/mol. The quantitative estimate of drug-likeness (QED) is 0.159. The van der Waals surface area contributed by atoms with Gasteiger partial charge in [-0.3, -0.25) is 0 Å². The van der Waals surface area contributed by atoms with Crippen LogP contribution in [-0.4, -0.2) is 28.5 Å². The third-order valence-electron chi connectivity index (χ3n) is 4.03. The summed E-state index contributed by atoms with van der Waals surface area (Å²) in [6.07, 6.45) is 2.45. The number of hydrogen-bond donors (Lipinski definition) is 0. The zero-order valence-corrected chi connectivity index (χ0v) is 38.1. The van der Waals surface area contributed by atoms with Crippen molar-refractivity contribution in [1.29, 1.82) is 0 Å². The second kappa shape index (κ2) is 61.4. The van der Waals surface area contributed by atoms with Gasteiger partial charge in [0, 0.05) is 49.0 Å². The number of halogens is 10. The van der Waals surface area contributed by atoms with Gasteiger partial charge in [0.1, 0.15) is 0 Å². The summed E-state index contributed by atoms with van der Waals surface area (Å²) in [4.78, 5) is 0. The normalized spacial score (nSPS) is 9.23. The van der Waals surface area contributed by atoms with Crippen molar-refractivity contribution in [1.82, 2.24) is 0 Å². The van der Waals surface area contributed by atoms with E-state index in [0.29, 0.717) is 36.9 Å². The molecule has 0 aliphatic carbocycles. The van der Waals surface area contributed by atoms with E-state index >= 15 is 0 Å². The van der Waals surface area contributed by atoms with Crippen molar-refractivity contribution in [3.05, 3.63) is 71.8 Å². The van der Waals surface area contributed by atoms with Gasteiger partial charge in [0.25, 0.3) is 0 Å². The van der Waals surface area contributed by atoms with Crippen LogP contribution in [0.15, 0.2) is 60.7 Å². The molecule has 39 heavy (non-hydrogen) atoms. The molecule has 0 amide bonds. The Morgan fingerprint density at radius 1 is 0.641 bits per heavy atom. The molecule has 2 unspecified atom stereocenters. The van der Waals surface area contributed by atoms with Gasteiger partial charge in [0.15, 0.2) is 0 Å². The van der Waals surface area contributed by atoms with Gasteiger partial charge in [0.2, 0.25) is 0 Å². The third-order valence-corrected chi connectivity index (χ3v) is 4.60. The van der Waals surface area contributed by atoms with Crippen LogP contribution in [-0.2, 0) is 0 Å². The molecule has 2 atom stereocenters. The minimum absolute atomic E-state index is 0. The minimum atomic E-state index is -2.03. The van der Waals surface area contributed by atoms with Gasteiger partial charge in [-0.15, -0.1) is 23.2 Å². The summed E-state index contributed by atoms with van der Waals surface area (Å²) in [6.45, 7) is 13.0. The van der Waals surface area contributed by atoms with Crippen molar-refractivity contribution >= 4 is 141 Å². The molecule has 0 N–H and O–H groups in total. The molecule has 0 aliphatic rings. The second-order valence-electron chi connectivity index (χ2n) is 6.06. The Labute approximate surface area is 327 Å². The molecule has 0 aromatic heterocycles. The van der Waals surface area contributed by atoms with Crippen LogP contribution in [0.2, 0.25) is 0 Å². The fraction of sp³-hybridized carbons (Fsp3) is 0.571. The Bertz CT molecular complexity index is 525. The maximum atomic E-state index is 5.05. The van der Waals surface area contributed by atoms with Gasteiger partial charge < -0.3 is 0 Å². The van der Waals surface area contributed by atoms with Crippen LogP contribution in [0.3, 0.4) is 0 Å². The maximum absolute atomic E-state index is 5.05. The average molecular weight is 1320 g/mol. The zero-order chi connectivity index (χ0) is 28.5. The molecule has 0 saturated heterocycles. The first-order chi connectivity index (χ1) is 16.7. The molecule has 0 heterocycles. The molecule has 0 fully saturated rings. The molecule has 2 aromatic rings. The Balaban J connectivity index is -0.0000000416. The van der Waals surface area contributed by atoms with Crippen LogP contribution in [0.5, 0.6) is 0 Å². The fourth-order valence-electron chi connectivity index (χ4n) is 2.03. The first kappa shape index (κ1) is 65.9. The topological polar surface area (TPSA) is 0 Å². The van der Waals surface area contributed by atoms with Gasteiger partial charge >= 0.3 is 93.8 Å². The van der Waals surface area contributed by atoms with Gasteiger partial charge in [-0.2, -0.15) is 0 Å². The van der Waals surface area contributed by atoms with Crippen molar-refractivity contribution in [2.24, 2.45) is 0 Å². The first-order valence-electron chi connectivity index (χ1n) is 10.8. The van der Waals surface area contributed by atoms with Crippen molar-refractivity contribution in [3.63, 3.8) is 0 Å². The molecule has 11 heteroatoms. The molecular weight excluding hydrogens is 1270 g/mol. The number of rotatable bonds is 5. The monoisotopic (exact) mass is 1320 g/mol. The summed E-state index contributed by atoms with van der Waals surface area (Å²) in [5.41, 5.74) is 2.90. The van der Waals surface area contributed by atoms with Crippen molar-refractivity contribution in [3.8, 4) is 0 Å². The standard InChI is InChI=1S/2C10H14.C2H4Cl2.C2H6.4CH4.3ClH.I3.I2.Sb/c2*1-3-9(2)10-7-5-4-6-8-10;3-1-2-4;1-2;;;;;;;;1-3-2;1-2;/h2*4-9H,3H2,1-2H3;1-2H2;1-2H3;4*1H4;3*1H;;;/q;;;;;;;;;;;-1;;+3/p-3. The molecular formula is C28H54Cl5I5Sb-. The predicted octanol–water partition coefficient (Wildman–Crippen LogP) is 13.7. The van der Waals surface area contributed by atoms with E-state index in [1.54, 1.807) is 0 Å². The van der Waals surface area contributed by atoms with Crippen molar-refractivity contribution < 1.29 is 13.3 Å². The van der Waals surface area contributed by atoms with Gasteiger partial charge in [-0.05, 0) is 35.8 Å². The summed E-state index contributed by atoms with van der Waals surface area (Å²) in [6, 6.07) is 21.3. The van der Waals surface area contributed by atoms with Crippen LogP contribution >= 0.6 is 124 Å². The van der Waals surface area contributed by atoms with E-state index in [0.717, 1.165) is 0 Å². The molecule has 0 aliphatic heterocycles.